The molecule has 88 valence electrons. The number of alkyl halides is 1. The van der Waals surface area contributed by atoms with Crippen molar-refractivity contribution in [2.24, 2.45) is 0 Å². The van der Waals surface area contributed by atoms with Gasteiger partial charge in [0.25, 0.3) is 0 Å². The van der Waals surface area contributed by atoms with Crippen LogP contribution in [0.5, 0.6) is 11.5 Å². The van der Waals surface area contributed by atoms with Gasteiger partial charge in [-0.15, -0.1) is 11.6 Å². The molecule has 0 fully saturated rings. The van der Waals surface area contributed by atoms with Crippen LogP contribution in [0.2, 0.25) is 0 Å². The van der Waals surface area contributed by atoms with E-state index in [1.54, 1.807) is 12.1 Å². The van der Waals surface area contributed by atoms with Gasteiger partial charge in [0.15, 0.2) is 5.78 Å². The van der Waals surface area contributed by atoms with E-state index in [-0.39, 0.29) is 35.5 Å². The Morgan fingerprint density at radius 3 is 2.75 bits per heavy atom. The highest BCUT2D eigenvalue weighted by molar-refractivity contribution is 6.19. The van der Waals surface area contributed by atoms with Crippen LogP contribution in [0, 0.1) is 0 Å². The second-order valence-corrected chi connectivity index (χ2v) is 4.09. The molecule has 1 aromatic rings. The lowest BCUT2D eigenvalue weighted by Crippen LogP contribution is -2.07. The first-order valence-electron chi connectivity index (χ1n) is 5.13. The molecule has 0 radical (unpaired) electrons. The van der Waals surface area contributed by atoms with E-state index in [9.17, 15) is 9.90 Å². The lowest BCUT2D eigenvalue weighted by atomic mass is 10.1. The Kier molecular flexibility index (Phi) is 4.62. The highest BCUT2D eigenvalue weighted by atomic mass is 35.5. The number of carbonyl (C=O) groups is 1. The van der Waals surface area contributed by atoms with Crippen molar-refractivity contribution in [2.45, 2.75) is 26.4 Å². The van der Waals surface area contributed by atoms with E-state index < -0.39 is 0 Å². The Labute approximate surface area is 100.0 Å². The summed E-state index contributed by atoms with van der Waals surface area (Å²) >= 11 is 5.49. The lowest BCUT2D eigenvalue weighted by molar-refractivity contribution is 0.0986. The fourth-order valence-corrected chi connectivity index (χ4v) is 1.48. The van der Waals surface area contributed by atoms with E-state index in [2.05, 4.69) is 0 Å². The minimum atomic E-state index is -0.179. The number of hydrogen-bond acceptors (Lipinski definition) is 3. The summed E-state index contributed by atoms with van der Waals surface area (Å²) in [7, 11) is 0. The van der Waals surface area contributed by atoms with Crippen LogP contribution in [0.1, 0.15) is 30.6 Å². The molecule has 0 spiro atoms. The van der Waals surface area contributed by atoms with Crippen molar-refractivity contribution in [1.29, 1.82) is 0 Å². The molecule has 0 bridgehead atoms. The van der Waals surface area contributed by atoms with Crippen molar-refractivity contribution in [3.8, 4) is 11.5 Å². The van der Waals surface area contributed by atoms with Crippen LogP contribution in [0.15, 0.2) is 18.2 Å². The van der Waals surface area contributed by atoms with E-state index in [0.717, 1.165) is 0 Å². The molecule has 0 aliphatic rings. The molecule has 1 rings (SSSR count). The van der Waals surface area contributed by atoms with Crippen molar-refractivity contribution < 1.29 is 14.6 Å². The van der Waals surface area contributed by atoms with Gasteiger partial charge in [0.1, 0.15) is 11.5 Å². The van der Waals surface area contributed by atoms with Crippen molar-refractivity contribution >= 4 is 17.4 Å². The predicted molar refractivity (Wildman–Crippen MR) is 63.5 cm³/mol. The SMILES string of the molecule is CC(C)Oc1ccc(O)c(C(=O)CCCl)c1. The molecular formula is C12H15ClO3. The first-order valence-corrected chi connectivity index (χ1v) is 5.67. The minimum absolute atomic E-state index is 0.0283. The van der Waals surface area contributed by atoms with Gasteiger partial charge in [-0.25, -0.2) is 0 Å². The number of aromatic hydroxyl groups is 1. The second-order valence-electron chi connectivity index (χ2n) is 3.71. The second kappa shape index (κ2) is 5.75. The Bertz CT molecular complexity index is 375. The Morgan fingerprint density at radius 1 is 1.50 bits per heavy atom. The van der Waals surface area contributed by atoms with E-state index in [1.807, 2.05) is 13.8 Å². The minimum Gasteiger partial charge on any atom is -0.507 e. The summed E-state index contributed by atoms with van der Waals surface area (Å²) in [5.74, 6) is 0.603. The molecule has 16 heavy (non-hydrogen) atoms. The van der Waals surface area contributed by atoms with Gasteiger partial charge in [-0.05, 0) is 32.0 Å². The number of phenols is 1. The maximum atomic E-state index is 11.6. The standard InChI is InChI=1S/C12H15ClO3/c1-8(2)16-9-3-4-11(14)10(7-9)12(15)5-6-13/h3-4,7-8,14H,5-6H2,1-2H3. The summed E-state index contributed by atoms with van der Waals surface area (Å²) in [5, 5.41) is 9.55. The average Bonchev–Trinajstić information content (AvgIpc) is 2.20. The normalized spacial score (nSPS) is 10.5. The summed E-state index contributed by atoms with van der Waals surface area (Å²) in [6.07, 6.45) is 0.237. The molecule has 0 aromatic heterocycles. The third-order valence-corrected chi connectivity index (χ3v) is 2.15. The molecule has 0 aliphatic carbocycles. The lowest BCUT2D eigenvalue weighted by Gasteiger charge is -2.11. The monoisotopic (exact) mass is 242 g/mol. The molecule has 1 aromatic carbocycles. The van der Waals surface area contributed by atoms with E-state index in [0.29, 0.717) is 5.75 Å². The van der Waals surface area contributed by atoms with Gasteiger partial charge in [0.05, 0.1) is 11.7 Å². The number of hydrogen-bond donors (Lipinski definition) is 1. The summed E-state index contributed by atoms with van der Waals surface area (Å²) in [4.78, 5) is 11.6. The molecule has 4 heteroatoms. The molecular weight excluding hydrogens is 228 g/mol. The average molecular weight is 243 g/mol. The molecule has 0 saturated carbocycles. The molecule has 0 atom stereocenters. The molecule has 1 N–H and O–H groups in total. The topological polar surface area (TPSA) is 46.5 Å². The van der Waals surface area contributed by atoms with Crippen LogP contribution < -0.4 is 4.74 Å². The fraction of sp³-hybridized carbons (Fsp3) is 0.417. The van der Waals surface area contributed by atoms with E-state index in [4.69, 9.17) is 16.3 Å². The third-order valence-electron chi connectivity index (χ3n) is 1.96. The number of ether oxygens (including phenoxy) is 1. The molecule has 0 amide bonds. The zero-order chi connectivity index (χ0) is 12.1. The van der Waals surface area contributed by atoms with E-state index in [1.165, 1.54) is 6.07 Å². The van der Waals surface area contributed by atoms with Gasteiger partial charge in [0.2, 0.25) is 0 Å². The quantitative estimate of drug-likeness (QED) is 0.638. The number of carbonyl (C=O) groups excluding carboxylic acids is 1. The number of Topliss-reactive ketones (excluding diaryl/α,β-unsaturated/α-hetero) is 1. The maximum Gasteiger partial charge on any atom is 0.167 e. The van der Waals surface area contributed by atoms with Crippen LogP contribution >= 0.6 is 11.6 Å². The smallest absolute Gasteiger partial charge is 0.167 e. The molecule has 0 aliphatic heterocycles. The van der Waals surface area contributed by atoms with Gasteiger partial charge >= 0.3 is 0 Å². The molecule has 0 heterocycles. The largest absolute Gasteiger partial charge is 0.507 e. The zero-order valence-corrected chi connectivity index (χ0v) is 10.1. The molecule has 0 saturated heterocycles. The van der Waals surface area contributed by atoms with Crippen LogP contribution in [0.4, 0.5) is 0 Å². The highest BCUT2D eigenvalue weighted by Crippen LogP contribution is 2.25. The maximum absolute atomic E-state index is 11.6. The third kappa shape index (κ3) is 3.42. The van der Waals surface area contributed by atoms with Crippen molar-refractivity contribution in [2.75, 3.05) is 5.88 Å². The van der Waals surface area contributed by atoms with Crippen molar-refractivity contribution in [1.82, 2.24) is 0 Å². The highest BCUT2D eigenvalue weighted by Gasteiger charge is 2.12. The predicted octanol–water partition coefficient (Wildman–Crippen LogP) is 2.99. The molecule has 3 nitrogen and oxygen atoms in total. The number of halogens is 1. The van der Waals surface area contributed by atoms with E-state index >= 15 is 0 Å². The van der Waals surface area contributed by atoms with Gasteiger partial charge in [-0.2, -0.15) is 0 Å². The van der Waals surface area contributed by atoms with Gasteiger partial charge in [-0.3, -0.25) is 4.79 Å². The van der Waals surface area contributed by atoms with Gasteiger partial charge in [0, 0.05) is 12.3 Å². The Balaban J connectivity index is 2.94. The van der Waals surface area contributed by atoms with Gasteiger partial charge in [-0.1, -0.05) is 0 Å². The van der Waals surface area contributed by atoms with Crippen molar-refractivity contribution in [3.05, 3.63) is 23.8 Å². The first kappa shape index (κ1) is 12.8. The number of phenolic OH excluding ortho intramolecular Hbond substituents is 1. The summed E-state index contributed by atoms with van der Waals surface area (Å²) < 4.78 is 5.44. The summed E-state index contributed by atoms with van der Waals surface area (Å²) in [6, 6.07) is 4.64. The van der Waals surface area contributed by atoms with Crippen LogP contribution in [-0.2, 0) is 0 Å². The van der Waals surface area contributed by atoms with Crippen LogP contribution in [0.25, 0.3) is 0 Å². The van der Waals surface area contributed by atoms with Gasteiger partial charge < -0.3 is 9.84 Å². The Hall–Kier alpha value is -1.22. The number of rotatable bonds is 5. The fourth-order valence-electron chi connectivity index (χ4n) is 1.30. The zero-order valence-electron chi connectivity index (χ0n) is 9.37. The number of benzene rings is 1. The Morgan fingerprint density at radius 2 is 2.19 bits per heavy atom. The summed E-state index contributed by atoms with van der Waals surface area (Å²) in [5.41, 5.74) is 0.263. The summed E-state index contributed by atoms with van der Waals surface area (Å²) in [6.45, 7) is 3.79. The molecule has 0 unspecified atom stereocenters. The number of ketones is 1. The van der Waals surface area contributed by atoms with Crippen molar-refractivity contribution in [3.63, 3.8) is 0 Å². The van der Waals surface area contributed by atoms with Crippen LogP contribution in [-0.4, -0.2) is 22.9 Å². The first-order chi connectivity index (χ1) is 7.54. The van der Waals surface area contributed by atoms with Crippen LogP contribution in [0.3, 0.4) is 0 Å².